The molecule has 3 saturated carbocycles. The molecule has 1 nitrogen and oxygen atoms in total. The van der Waals surface area contributed by atoms with Crippen molar-refractivity contribution < 1.29 is 4.74 Å². The molecule has 7 atom stereocenters. The van der Waals surface area contributed by atoms with E-state index in [0.717, 1.165) is 29.4 Å². The van der Waals surface area contributed by atoms with Gasteiger partial charge in [0.15, 0.2) is 0 Å². The highest BCUT2D eigenvalue weighted by Gasteiger charge is 2.57. The van der Waals surface area contributed by atoms with E-state index in [0.29, 0.717) is 10.8 Å². The first-order chi connectivity index (χ1) is 13.0. The highest BCUT2D eigenvalue weighted by Crippen LogP contribution is 2.65. The molecule has 5 rings (SSSR count). The van der Waals surface area contributed by atoms with E-state index in [1.165, 1.54) is 56.9 Å². The summed E-state index contributed by atoms with van der Waals surface area (Å²) in [4.78, 5) is 0. The molecule has 0 bridgehead atoms. The van der Waals surface area contributed by atoms with E-state index in [1.807, 2.05) is 0 Å². The fourth-order valence-corrected chi connectivity index (χ4v) is 7.65. The summed E-state index contributed by atoms with van der Waals surface area (Å²) in [7, 11) is 0. The van der Waals surface area contributed by atoms with Gasteiger partial charge in [-0.25, -0.2) is 0 Å². The van der Waals surface area contributed by atoms with Crippen molar-refractivity contribution in [3.05, 3.63) is 42.0 Å². The van der Waals surface area contributed by atoms with E-state index in [-0.39, 0.29) is 6.10 Å². The number of benzene rings is 1. The fourth-order valence-electron chi connectivity index (χ4n) is 7.65. The average molecular weight is 365 g/mol. The largest absolute Gasteiger partial charge is 0.486 e. The maximum atomic E-state index is 6.34. The van der Waals surface area contributed by atoms with Crippen molar-refractivity contribution in [2.75, 3.05) is 0 Å². The summed E-state index contributed by atoms with van der Waals surface area (Å²) in [5, 5.41) is 0. The zero-order valence-corrected chi connectivity index (χ0v) is 17.4. The molecule has 1 heteroatoms. The van der Waals surface area contributed by atoms with Gasteiger partial charge in [-0.15, -0.1) is 0 Å². The van der Waals surface area contributed by atoms with Crippen LogP contribution in [0, 0.1) is 41.4 Å². The number of allylic oxidation sites excluding steroid dienone is 1. The van der Waals surface area contributed by atoms with Gasteiger partial charge in [0.25, 0.3) is 0 Å². The minimum absolute atomic E-state index is 0.252. The number of aryl methyl sites for hydroxylation is 1. The van der Waals surface area contributed by atoms with Crippen LogP contribution in [-0.2, 0) is 0 Å². The molecular weight excluding hydrogens is 328 g/mol. The van der Waals surface area contributed by atoms with Crippen LogP contribution in [0.25, 0.3) is 0 Å². The normalized spacial score (nSPS) is 45.7. The molecular formula is C26H36O. The highest BCUT2D eigenvalue weighted by atomic mass is 16.5. The van der Waals surface area contributed by atoms with Crippen LogP contribution in [0.15, 0.2) is 36.4 Å². The maximum Gasteiger partial charge on any atom is 0.120 e. The van der Waals surface area contributed by atoms with Crippen LogP contribution in [0.4, 0.5) is 0 Å². The van der Waals surface area contributed by atoms with Gasteiger partial charge >= 0.3 is 0 Å². The van der Waals surface area contributed by atoms with Crippen LogP contribution in [0.1, 0.15) is 70.8 Å². The average Bonchev–Trinajstić information content (AvgIpc) is 3.06. The summed E-state index contributed by atoms with van der Waals surface area (Å²) in [5.41, 5.74) is 2.36. The van der Waals surface area contributed by atoms with Gasteiger partial charge in [-0.1, -0.05) is 44.0 Å². The third-order valence-electron chi connectivity index (χ3n) is 9.24. The van der Waals surface area contributed by atoms with Crippen molar-refractivity contribution in [1.82, 2.24) is 0 Å². The van der Waals surface area contributed by atoms with Gasteiger partial charge in [0.05, 0.1) is 0 Å². The zero-order chi connectivity index (χ0) is 18.6. The second-order valence-corrected chi connectivity index (χ2v) is 10.7. The molecule has 0 N–H and O–H groups in total. The Kier molecular flexibility index (Phi) is 4.22. The van der Waals surface area contributed by atoms with Crippen LogP contribution in [0.5, 0.6) is 5.75 Å². The van der Waals surface area contributed by atoms with Crippen molar-refractivity contribution in [2.24, 2.45) is 34.5 Å². The quantitative estimate of drug-likeness (QED) is 0.516. The summed E-state index contributed by atoms with van der Waals surface area (Å²) in [5.74, 6) is 4.71. The van der Waals surface area contributed by atoms with Gasteiger partial charge in [-0.3, -0.25) is 0 Å². The molecule has 0 amide bonds. The highest BCUT2D eigenvalue weighted by molar-refractivity contribution is 5.27. The van der Waals surface area contributed by atoms with Gasteiger partial charge < -0.3 is 4.74 Å². The molecule has 0 radical (unpaired) electrons. The zero-order valence-electron chi connectivity index (χ0n) is 17.4. The SMILES string of the molecule is Cc1ccc(OC2C=C[C@@]3(C)[C@@H](CC[C@H]4[C@@H]5CCC[C@@]5(C)CC[C@@H]43)C2)cc1. The van der Waals surface area contributed by atoms with Crippen LogP contribution in [0.2, 0.25) is 0 Å². The lowest BCUT2D eigenvalue weighted by Gasteiger charge is -2.58. The number of hydrogen-bond acceptors (Lipinski definition) is 1. The molecule has 0 saturated heterocycles. The Hall–Kier alpha value is -1.24. The van der Waals surface area contributed by atoms with E-state index >= 15 is 0 Å². The number of hydrogen-bond donors (Lipinski definition) is 0. The molecule has 0 spiro atoms. The lowest BCUT2D eigenvalue weighted by atomic mass is 9.46. The molecule has 27 heavy (non-hydrogen) atoms. The Balaban J connectivity index is 1.35. The van der Waals surface area contributed by atoms with Crippen molar-refractivity contribution in [1.29, 1.82) is 0 Å². The third-order valence-corrected chi connectivity index (χ3v) is 9.24. The Morgan fingerprint density at radius 2 is 1.74 bits per heavy atom. The minimum atomic E-state index is 0.252. The second-order valence-electron chi connectivity index (χ2n) is 10.7. The van der Waals surface area contributed by atoms with Gasteiger partial charge in [0.1, 0.15) is 11.9 Å². The monoisotopic (exact) mass is 364 g/mol. The fraction of sp³-hybridized carbons (Fsp3) is 0.692. The van der Waals surface area contributed by atoms with E-state index in [2.05, 4.69) is 57.2 Å². The first-order valence-corrected chi connectivity index (χ1v) is 11.4. The third kappa shape index (κ3) is 2.88. The van der Waals surface area contributed by atoms with Crippen LogP contribution in [-0.4, -0.2) is 6.10 Å². The molecule has 0 heterocycles. The predicted molar refractivity (Wildman–Crippen MR) is 112 cm³/mol. The lowest BCUT2D eigenvalue weighted by Crippen LogP contribution is -2.52. The molecule has 0 aromatic heterocycles. The Labute approximate surface area is 165 Å². The number of rotatable bonds is 2. The Morgan fingerprint density at radius 3 is 2.56 bits per heavy atom. The molecule has 0 aliphatic heterocycles. The van der Waals surface area contributed by atoms with Gasteiger partial charge in [0.2, 0.25) is 0 Å². The van der Waals surface area contributed by atoms with Crippen molar-refractivity contribution >= 4 is 0 Å². The van der Waals surface area contributed by atoms with Crippen molar-refractivity contribution in [3.63, 3.8) is 0 Å². The molecule has 1 aromatic rings. The molecule has 1 aromatic carbocycles. The predicted octanol–water partition coefficient (Wildman–Crippen LogP) is 6.95. The maximum absolute atomic E-state index is 6.34. The minimum Gasteiger partial charge on any atom is -0.486 e. The van der Waals surface area contributed by atoms with E-state index in [1.54, 1.807) is 0 Å². The van der Waals surface area contributed by atoms with E-state index in [9.17, 15) is 0 Å². The van der Waals surface area contributed by atoms with Crippen LogP contribution in [0.3, 0.4) is 0 Å². The summed E-state index contributed by atoms with van der Waals surface area (Å²) in [6.45, 7) is 7.33. The number of fused-ring (bicyclic) bond motifs is 5. The summed E-state index contributed by atoms with van der Waals surface area (Å²) in [6, 6.07) is 8.54. The molecule has 4 aliphatic rings. The lowest BCUT2D eigenvalue weighted by molar-refractivity contribution is -0.0746. The summed E-state index contributed by atoms with van der Waals surface area (Å²) >= 11 is 0. The summed E-state index contributed by atoms with van der Waals surface area (Å²) in [6.07, 6.45) is 16.7. The molecule has 146 valence electrons. The molecule has 4 aliphatic carbocycles. The van der Waals surface area contributed by atoms with Gasteiger partial charge in [-0.2, -0.15) is 0 Å². The van der Waals surface area contributed by atoms with Crippen LogP contribution < -0.4 is 4.74 Å². The van der Waals surface area contributed by atoms with Gasteiger partial charge in [-0.05, 0) is 105 Å². The summed E-state index contributed by atoms with van der Waals surface area (Å²) < 4.78 is 6.34. The second kappa shape index (κ2) is 6.39. The van der Waals surface area contributed by atoms with Crippen molar-refractivity contribution in [3.8, 4) is 5.75 Å². The number of ether oxygens (including phenoxy) is 1. The Morgan fingerprint density at radius 1 is 0.926 bits per heavy atom. The molecule has 1 unspecified atom stereocenters. The first-order valence-electron chi connectivity index (χ1n) is 11.4. The van der Waals surface area contributed by atoms with E-state index in [4.69, 9.17) is 4.74 Å². The van der Waals surface area contributed by atoms with Crippen molar-refractivity contribution in [2.45, 2.75) is 78.2 Å². The standard InChI is InChI=1S/C26H36O/c1-18-6-9-20(10-7-18)27-21-12-16-26(3)19(17-21)8-11-22-23-5-4-14-25(23,2)15-13-24(22)26/h6-7,9-10,12,16,19,21-24H,4-5,8,11,13-15,17H2,1-3H3/t19-,21?,22-,23-,24-,25-,26-/m0/s1. The van der Waals surface area contributed by atoms with Crippen LogP contribution >= 0.6 is 0 Å². The van der Waals surface area contributed by atoms with E-state index < -0.39 is 0 Å². The smallest absolute Gasteiger partial charge is 0.120 e. The Bertz CT molecular complexity index is 718. The van der Waals surface area contributed by atoms with Gasteiger partial charge in [0, 0.05) is 0 Å². The first kappa shape index (κ1) is 17.8. The molecule has 3 fully saturated rings. The topological polar surface area (TPSA) is 9.23 Å².